The molecule has 0 spiro atoms. The van der Waals surface area contributed by atoms with Crippen LogP contribution >= 0.6 is 23.1 Å². The van der Waals surface area contributed by atoms with Gasteiger partial charge in [0.15, 0.2) is 5.16 Å². The standard InChI is InChI=1S/C21H17FN2O2S2/c1-26-19-7-3-2-5-14(19)13-28-21-23-18-9-8-15(22)11-17(18)20(25)24(21)12-16-6-4-10-27-16/h2-11H,12-13H2,1H3. The van der Waals surface area contributed by atoms with Crippen molar-refractivity contribution < 1.29 is 9.13 Å². The molecule has 0 atom stereocenters. The lowest BCUT2D eigenvalue weighted by atomic mass is 10.2. The molecule has 0 aliphatic carbocycles. The van der Waals surface area contributed by atoms with Gasteiger partial charge in [-0.1, -0.05) is 36.0 Å². The van der Waals surface area contributed by atoms with E-state index in [2.05, 4.69) is 4.98 Å². The molecule has 28 heavy (non-hydrogen) atoms. The topological polar surface area (TPSA) is 44.1 Å². The first kappa shape index (κ1) is 18.7. The van der Waals surface area contributed by atoms with Gasteiger partial charge in [0, 0.05) is 16.2 Å². The molecule has 0 amide bonds. The molecule has 0 aliphatic heterocycles. The van der Waals surface area contributed by atoms with Crippen molar-refractivity contribution in [1.82, 2.24) is 9.55 Å². The Balaban J connectivity index is 1.77. The summed E-state index contributed by atoms with van der Waals surface area (Å²) in [6.45, 7) is 0.407. The number of hydrogen-bond acceptors (Lipinski definition) is 5. The van der Waals surface area contributed by atoms with E-state index in [1.54, 1.807) is 29.1 Å². The highest BCUT2D eigenvalue weighted by Gasteiger charge is 2.14. The highest BCUT2D eigenvalue weighted by molar-refractivity contribution is 7.98. The zero-order valence-electron chi connectivity index (χ0n) is 15.1. The average molecular weight is 413 g/mol. The lowest BCUT2D eigenvalue weighted by Gasteiger charge is -2.13. The second-order valence-electron chi connectivity index (χ2n) is 6.13. The number of rotatable bonds is 6. The summed E-state index contributed by atoms with van der Waals surface area (Å²) in [5.74, 6) is 0.960. The number of methoxy groups -OCH3 is 1. The third-order valence-electron chi connectivity index (χ3n) is 4.32. The van der Waals surface area contributed by atoms with Gasteiger partial charge in [0.1, 0.15) is 11.6 Å². The summed E-state index contributed by atoms with van der Waals surface area (Å²) < 4.78 is 20.7. The molecular formula is C21H17FN2O2S2. The van der Waals surface area contributed by atoms with Gasteiger partial charge in [-0.25, -0.2) is 9.37 Å². The predicted octanol–water partition coefficient (Wildman–Crippen LogP) is 4.95. The van der Waals surface area contributed by atoms with Crippen LogP contribution in [0.25, 0.3) is 10.9 Å². The number of halogens is 1. The van der Waals surface area contributed by atoms with Gasteiger partial charge in [-0.05, 0) is 35.7 Å². The molecule has 0 radical (unpaired) electrons. The molecule has 2 aromatic carbocycles. The van der Waals surface area contributed by atoms with E-state index in [-0.39, 0.29) is 10.9 Å². The van der Waals surface area contributed by atoms with E-state index >= 15 is 0 Å². The van der Waals surface area contributed by atoms with E-state index in [9.17, 15) is 9.18 Å². The molecule has 2 aromatic heterocycles. The molecule has 4 nitrogen and oxygen atoms in total. The Morgan fingerprint density at radius 1 is 1.18 bits per heavy atom. The number of fused-ring (bicyclic) bond motifs is 1. The maximum absolute atomic E-state index is 13.7. The predicted molar refractivity (Wildman–Crippen MR) is 112 cm³/mol. The van der Waals surface area contributed by atoms with Crippen LogP contribution in [0.15, 0.2) is 69.9 Å². The number of thioether (sulfide) groups is 1. The molecule has 0 saturated carbocycles. The summed E-state index contributed by atoms with van der Waals surface area (Å²) in [6.07, 6.45) is 0. The highest BCUT2D eigenvalue weighted by atomic mass is 32.2. The van der Waals surface area contributed by atoms with Crippen LogP contribution in [0.1, 0.15) is 10.4 Å². The maximum atomic E-state index is 13.7. The van der Waals surface area contributed by atoms with E-state index in [1.807, 2.05) is 41.8 Å². The summed E-state index contributed by atoms with van der Waals surface area (Å²) in [5.41, 5.74) is 1.28. The van der Waals surface area contributed by atoms with Crippen LogP contribution in [0.2, 0.25) is 0 Å². The fourth-order valence-electron chi connectivity index (χ4n) is 2.95. The maximum Gasteiger partial charge on any atom is 0.262 e. The molecule has 7 heteroatoms. The first-order valence-electron chi connectivity index (χ1n) is 8.63. The number of ether oxygens (including phenoxy) is 1. The first-order chi connectivity index (χ1) is 13.7. The molecule has 0 N–H and O–H groups in total. The van der Waals surface area contributed by atoms with Crippen molar-refractivity contribution in [2.75, 3.05) is 7.11 Å². The van der Waals surface area contributed by atoms with E-state index in [1.165, 1.54) is 23.9 Å². The number of aromatic nitrogens is 2. The zero-order valence-corrected chi connectivity index (χ0v) is 16.7. The van der Waals surface area contributed by atoms with E-state index in [0.717, 1.165) is 16.2 Å². The number of benzene rings is 2. The normalized spacial score (nSPS) is 11.1. The Morgan fingerprint density at radius 2 is 2.04 bits per heavy atom. The van der Waals surface area contributed by atoms with Gasteiger partial charge >= 0.3 is 0 Å². The van der Waals surface area contributed by atoms with Gasteiger partial charge in [0.05, 0.1) is 24.6 Å². The minimum atomic E-state index is -0.441. The van der Waals surface area contributed by atoms with Gasteiger partial charge in [0.2, 0.25) is 0 Å². The van der Waals surface area contributed by atoms with Crippen molar-refractivity contribution in [3.05, 3.63) is 86.6 Å². The molecule has 0 fully saturated rings. The second-order valence-corrected chi connectivity index (χ2v) is 8.10. The van der Waals surface area contributed by atoms with Crippen molar-refractivity contribution in [3.63, 3.8) is 0 Å². The fraction of sp³-hybridized carbons (Fsp3) is 0.143. The minimum Gasteiger partial charge on any atom is -0.496 e. The van der Waals surface area contributed by atoms with E-state index in [0.29, 0.717) is 23.0 Å². The van der Waals surface area contributed by atoms with Gasteiger partial charge in [0.25, 0.3) is 5.56 Å². The lowest BCUT2D eigenvalue weighted by molar-refractivity contribution is 0.411. The lowest BCUT2D eigenvalue weighted by Crippen LogP contribution is -2.23. The Kier molecular flexibility index (Phi) is 5.45. The molecule has 0 unspecified atom stereocenters. The molecule has 142 valence electrons. The molecule has 4 aromatic rings. The van der Waals surface area contributed by atoms with Crippen molar-refractivity contribution in [1.29, 1.82) is 0 Å². The Hall–Kier alpha value is -2.64. The van der Waals surface area contributed by atoms with Gasteiger partial charge in [-0.3, -0.25) is 9.36 Å². The third-order valence-corrected chi connectivity index (χ3v) is 6.21. The summed E-state index contributed by atoms with van der Waals surface area (Å²) in [5, 5.41) is 2.86. The Labute approximate surface area is 169 Å². The molecule has 0 saturated heterocycles. The number of thiophene rings is 1. The van der Waals surface area contributed by atoms with Crippen molar-refractivity contribution in [3.8, 4) is 5.75 Å². The van der Waals surface area contributed by atoms with Crippen LogP contribution in [-0.4, -0.2) is 16.7 Å². The van der Waals surface area contributed by atoms with Gasteiger partial charge < -0.3 is 4.74 Å². The first-order valence-corrected chi connectivity index (χ1v) is 10.5. The van der Waals surface area contributed by atoms with Crippen molar-refractivity contribution in [2.45, 2.75) is 17.5 Å². The van der Waals surface area contributed by atoms with Gasteiger partial charge in [-0.2, -0.15) is 0 Å². The summed E-state index contributed by atoms with van der Waals surface area (Å²) in [4.78, 5) is 18.8. The quantitative estimate of drug-likeness (QED) is 0.332. The average Bonchev–Trinajstić information content (AvgIpc) is 3.23. The van der Waals surface area contributed by atoms with E-state index < -0.39 is 5.82 Å². The van der Waals surface area contributed by atoms with Crippen LogP contribution < -0.4 is 10.3 Å². The van der Waals surface area contributed by atoms with Crippen molar-refractivity contribution >= 4 is 34.0 Å². The third kappa shape index (κ3) is 3.81. The molecule has 0 aliphatic rings. The number of nitrogens with zero attached hydrogens (tertiary/aromatic N) is 2. The molecule has 2 heterocycles. The molecular weight excluding hydrogens is 395 g/mol. The molecule has 4 rings (SSSR count). The van der Waals surface area contributed by atoms with Crippen LogP contribution in [0.3, 0.4) is 0 Å². The fourth-order valence-corrected chi connectivity index (χ4v) is 4.63. The minimum absolute atomic E-state index is 0.236. The molecule has 0 bridgehead atoms. The summed E-state index contributed by atoms with van der Waals surface area (Å²) in [7, 11) is 1.64. The number of hydrogen-bond donors (Lipinski definition) is 0. The Bertz CT molecular complexity index is 1170. The summed E-state index contributed by atoms with van der Waals surface area (Å²) in [6, 6.07) is 15.8. The van der Waals surface area contributed by atoms with Crippen LogP contribution in [-0.2, 0) is 12.3 Å². The second kappa shape index (κ2) is 8.16. The van der Waals surface area contributed by atoms with Crippen LogP contribution in [0.5, 0.6) is 5.75 Å². The van der Waals surface area contributed by atoms with Gasteiger partial charge in [-0.15, -0.1) is 11.3 Å². The van der Waals surface area contributed by atoms with E-state index in [4.69, 9.17) is 4.74 Å². The zero-order chi connectivity index (χ0) is 19.5. The Morgan fingerprint density at radius 3 is 2.82 bits per heavy atom. The van der Waals surface area contributed by atoms with Crippen LogP contribution in [0, 0.1) is 5.82 Å². The summed E-state index contributed by atoms with van der Waals surface area (Å²) >= 11 is 3.04. The van der Waals surface area contributed by atoms with Crippen molar-refractivity contribution in [2.24, 2.45) is 0 Å². The number of para-hydroxylation sites is 1. The SMILES string of the molecule is COc1ccccc1CSc1nc2ccc(F)cc2c(=O)n1Cc1cccs1. The highest BCUT2D eigenvalue weighted by Crippen LogP contribution is 2.28. The largest absolute Gasteiger partial charge is 0.496 e. The van der Waals surface area contributed by atoms with Crippen LogP contribution in [0.4, 0.5) is 4.39 Å². The smallest absolute Gasteiger partial charge is 0.262 e. The monoisotopic (exact) mass is 412 g/mol.